The smallest absolute Gasteiger partial charge is 0.505 e. The van der Waals surface area contributed by atoms with E-state index in [9.17, 15) is 23.1 Å². The molecule has 3 N–H and O–H groups in total. The second-order valence-corrected chi connectivity index (χ2v) is 3.04. The number of rotatable bonds is 3. The summed E-state index contributed by atoms with van der Waals surface area (Å²) in [5.41, 5.74) is 4.32. The molecule has 0 radical (unpaired) electrons. The number of hydrogen-bond acceptors (Lipinski definition) is 6. The second kappa shape index (κ2) is 5.08. The SMILES string of the molecule is COC(=O)c1nc(CN)c(OC(F)(F)F)cc1O. The minimum atomic E-state index is -4.95. The topological polar surface area (TPSA) is 94.7 Å². The molecule has 0 aromatic carbocycles. The van der Waals surface area contributed by atoms with E-state index in [1.165, 1.54) is 0 Å². The molecule has 0 aliphatic heterocycles. The summed E-state index contributed by atoms with van der Waals surface area (Å²) in [6.45, 7) is -0.407. The van der Waals surface area contributed by atoms with Gasteiger partial charge in [0, 0.05) is 12.6 Å². The zero-order chi connectivity index (χ0) is 13.9. The first kappa shape index (κ1) is 14.0. The lowest BCUT2D eigenvalue weighted by Gasteiger charge is -2.13. The summed E-state index contributed by atoms with van der Waals surface area (Å²) in [6.07, 6.45) is -4.95. The van der Waals surface area contributed by atoms with Crippen LogP contribution in [0.25, 0.3) is 0 Å². The molecule has 0 saturated heterocycles. The minimum Gasteiger partial charge on any atom is -0.505 e. The molecule has 0 saturated carbocycles. The molecule has 9 heteroatoms. The number of ether oxygens (including phenoxy) is 2. The van der Waals surface area contributed by atoms with E-state index in [2.05, 4.69) is 14.5 Å². The molecule has 1 aromatic heterocycles. The number of nitrogens with two attached hydrogens (primary N) is 1. The van der Waals surface area contributed by atoms with E-state index in [-0.39, 0.29) is 5.69 Å². The molecule has 1 aromatic rings. The third-order valence-electron chi connectivity index (χ3n) is 1.84. The first-order valence-corrected chi connectivity index (χ1v) is 4.55. The largest absolute Gasteiger partial charge is 0.573 e. The van der Waals surface area contributed by atoms with E-state index in [1.54, 1.807) is 0 Å². The van der Waals surface area contributed by atoms with Crippen molar-refractivity contribution in [3.05, 3.63) is 17.5 Å². The van der Waals surface area contributed by atoms with Gasteiger partial charge >= 0.3 is 12.3 Å². The highest BCUT2D eigenvalue weighted by Crippen LogP contribution is 2.30. The maximum Gasteiger partial charge on any atom is 0.573 e. The molecule has 0 fully saturated rings. The Morgan fingerprint density at radius 3 is 2.61 bits per heavy atom. The number of alkyl halides is 3. The number of methoxy groups -OCH3 is 1. The van der Waals surface area contributed by atoms with Crippen LogP contribution in [0.3, 0.4) is 0 Å². The van der Waals surface area contributed by atoms with E-state index in [4.69, 9.17) is 5.73 Å². The van der Waals surface area contributed by atoms with Crippen LogP contribution in [0.5, 0.6) is 11.5 Å². The van der Waals surface area contributed by atoms with E-state index in [1.807, 2.05) is 0 Å². The van der Waals surface area contributed by atoms with Gasteiger partial charge in [-0.15, -0.1) is 13.2 Å². The summed E-state index contributed by atoms with van der Waals surface area (Å²) in [6, 6.07) is 0.606. The first-order valence-electron chi connectivity index (χ1n) is 4.55. The minimum absolute atomic E-state index is 0.328. The van der Waals surface area contributed by atoms with Crippen molar-refractivity contribution in [3.63, 3.8) is 0 Å². The van der Waals surface area contributed by atoms with Gasteiger partial charge in [-0.1, -0.05) is 0 Å². The Balaban J connectivity index is 3.23. The molecule has 100 valence electrons. The number of halogens is 3. The van der Waals surface area contributed by atoms with Crippen LogP contribution in [0.2, 0.25) is 0 Å². The Labute approximate surface area is 99.1 Å². The molecule has 0 atom stereocenters. The molecule has 0 amide bonds. The van der Waals surface area contributed by atoms with Crippen LogP contribution in [0.1, 0.15) is 16.2 Å². The monoisotopic (exact) mass is 266 g/mol. The number of pyridine rings is 1. The van der Waals surface area contributed by atoms with Gasteiger partial charge in [-0.25, -0.2) is 9.78 Å². The zero-order valence-electron chi connectivity index (χ0n) is 9.11. The molecule has 1 rings (SSSR count). The van der Waals surface area contributed by atoms with Crippen molar-refractivity contribution in [2.45, 2.75) is 12.9 Å². The number of nitrogens with zero attached hydrogens (tertiary/aromatic N) is 1. The average molecular weight is 266 g/mol. The third-order valence-corrected chi connectivity index (χ3v) is 1.84. The maximum atomic E-state index is 12.1. The van der Waals surface area contributed by atoms with Crippen molar-refractivity contribution in [3.8, 4) is 11.5 Å². The Kier molecular flexibility index (Phi) is 3.96. The predicted molar refractivity (Wildman–Crippen MR) is 51.8 cm³/mol. The summed E-state index contributed by atoms with van der Waals surface area (Å²) < 4.78 is 44.1. The van der Waals surface area contributed by atoms with Gasteiger partial charge in [-0.2, -0.15) is 0 Å². The molecule has 0 bridgehead atoms. The maximum absolute atomic E-state index is 12.1. The van der Waals surface area contributed by atoms with Gasteiger partial charge in [-0.3, -0.25) is 0 Å². The Bertz CT molecular complexity index is 462. The summed E-state index contributed by atoms with van der Waals surface area (Å²) in [5, 5.41) is 9.36. The van der Waals surface area contributed by atoms with E-state index in [0.717, 1.165) is 7.11 Å². The Hall–Kier alpha value is -2.03. The molecular weight excluding hydrogens is 257 g/mol. The number of esters is 1. The van der Waals surface area contributed by atoms with Crippen molar-refractivity contribution in [2.75, 3.05) is 7.11 Å². The molecule has 0 unspecified atom stereocenters. The highest BCUT2D eigenvalue weighted by Gasteiger charge is 2.33. The van der Waals surface area contributed by atoms with Gasteiger partial charge in [0.05, 0.1) is 12.8 Å². The zero-order valence-corrected chi connectivity index (χ0v) is 9.11. The van der Waals surface area contributed by atoms with Crippen molar-refractivity contribution >= 4 is 5.97 Å². The highest BCUT2D eigenvalue weighted by atomic mass is 19.4. The molecular formula is C9H9F3N2O4. The molecule has 6 nitrogen and oxygen atoms in total. The fraction of sp³-hybridized carbons (Fsp3) is 0.333. The van der Waals surface area contributed by atoms with Crippen molar-refractivity contribution < 1.29 is 32.5 Å². The molecule has 0 aliphatic rings. The summed E-state index contributed by atoms with van der Waals surface area (Å²) in [5.74, 6) is -2.56. The lowest BCUT2D eigenvalue weighted by Crippen LogP contribution is -2.20. The van der Waals surface area contributed by atoms with Crippen LogP contribution in [0.4, 0.5) is 13.2 Å². The van der Waals surface area contributed by atoms with Gasteiger partial charge in [0.15, 0.2) is 17.2 Å². The average Bonchev–Trinajstić information content (AvgIpc) is 2.26. The standard InChI is InChI=1S/C9H9F3N2O4/c1-17-8(16)7-5(15)2-6(4(3-13)14-7)18-9(10,11)12/h2,15H,3,13H2,1H3. The highest BCUT2D eigenvalue weighted by molar-refractivity contribution is 5.90. The van der Waals surface area contributed by atoms with Crippen LogP contribution in [0, 0.1) is 0 Å². The lowest BCUT2D eigenvalue weighted by atomic mass is 10.2. The first-order chi connectivity index (χ1) is 8.28. The Morgan fingerprint density at radius 1 is 1.56 bits per heavy atom. The van der Waals surface area contributed by atoms with Gasteiger partial charge in [-0.05, 0) is 0 Å². The van der Waals surface area contributed by atoms with Gasteiger partial charge < -0.3 is 20.3 Å². The van der Waals surface area contributed by atoms with Gasteiger partial charge in [0.25, 0.3) is 0 Å². The molecule has 0 aliphatic carbocycles. The van der Waals surface area contributed by atoms with Gasteiger partial charge in [0.1, 0.15) is 0 Å². The number of carbonyl (C=O) groups excluding carboxylic acids is 1. The predicted octanol–water partition coefficient (Wildman–Crippen LogP) is 0.931. The van der Waals surface area contributed by atoms with Crippen LogP contribution >= 0.6 is 0 Å². The Morgan fingerprint density at radius 2 is 2.17 bits per heavy atom. The second-order valence-electron chi connectivity index (χ2n) is 3.04. The molecule has 1 heterocycles. The van der Waals surface area contributed by atoms with E-state index in [0.29, 0.717) is 6.07 Å². The number of aromatic nitrogens is 1. The van der Waals surface area contributed by atoms with Crippen LogP contribution < -0.4 is 10.5 Å². The van der Waals surface area contributed by atoms with Crippen LogP contribution in [-0.4, -0.2) is 29.5 Å². The fourth-order valence-electron chi connectivity index (χ4n) is 1.13. The van der Waals surface area contributed by atoms with Gasteiger partial charge in [0.2, 0.25) is 0 Å². The van der Waals surface area contributed by atoms with Crippen LogP contribution in [-0.2, 0) is 11.3 Å². The summed E-state index contributed by atoms with van der Waals surface area (Å²) >= 11 is 0. The number of aromatic hydroxyl groups is 1. The van der Waals surface area contributed by atoms with E-state index < -0.39 is 36.1 Å². The van der Waals surface area contributed by atoms with Crippen molar-refractivity contribution in [2.24, 2.45) is 5.73 Å². The quantitative estimate of drug-likeness (QED) is 0.790. The number of carbonyl (C=O) groups is 1. The fourth-order valence-corrected chi connectivity index (χ4v) is 1.13. The van der Waals surface area contributed by atoms with Crippen molar-refractivity contribution in [1.29, 1.82) is 0 Å². The summed E-state index contributed by atoms with van der Waals surface area (Å²) in [4.78, 5) is 14.6. The van der Waals surface area contributed by atoms with E-state index >= 15 is 0 Å². The summed E-state index contributed by atoms with van der Waals surface area (Å²) in [7, 11) is 1.03. The number of hydrogen-bond donors (Lipinski definition) is 2. The lowest BCUT2D eigenvalue weighted by molar-refractivity contribution is -0.275. The molecule has 0 spiro atoms. The normalized spacial score (nSPS) is 11.2. The molecule has 18 heavy (non-hydrogen) atoms. The van der Waals surface area contributed by atoms with Crippen molar-refractivity contribution in [1.82, 2.24) is 4.98 Å². The third kappa shape index (κ3) is 3.23. The van der Waals surface area contributed by atoms with Crippen LogP contribution in [0.15, 0.2) is 6.07 Å².